The Morgan fingerprint density at radius 2 is 1.93 bits per heavy atom. The molecule has 0 aliphatic carbocycles. The number of hydrogen-bond donors (Lipinski definition) is 1. The Kier molecular flexibility index (Phi) is 3.21. The second-order valence-corrected chi connectivity index (χ2v) is 4.16. The van der Waals surface area contributed by atoms with Crippen molar-refractivity contribution >= 4 is 15.9 Å². The Hall–Kier alpha value is -0.550. The Balaban J connectivity index is 3.18. The van der Waals surface area contributed by atoms with E-state index in [0.29, 0.717) is 4.47 Å². The summed E-state index contributed by atoms with van der Waals surface area (Å²) < 4.78 is 38.3. The van der Waals surface area contributed by atoms with E-state index in [9.17, 15) is 13.2 Å². The lowest BCUT2D eigenvalue weighted by Gasteiger charge is -2.24. The van der Waals surface area contributed by atoms with Crippen LogP contribution in [-0.2, 0) is 5.54 Å². The zero-order valence-electron chi connectivity index (χ0n) is 7.40. The van der Waals surface area contributed by atoms with Gasteiger partial charge in [0.05, 0.1) is 5.54 Å². The second-order valence-electron chi connectivity index (χ2n) is 3.24. The molecule has 0 aliphatic rings. The van der Waals surface area contributed by atoms with Crippen LogP contribution in [0.2, 0.25) is 0 Å². The maximum absolute atomic E-state index is 12.9. The van der Waals surface area contributed by atoms with Crippen molar-refractivity contribution in [1.29, 1.82) is 0 Å². The fourth-order valence-corrected chi connectivity index (χ4v) is 1.46. The molecule has 0 spiro atoms. The summed E-state index contributed by atoms with van der Waals surface area (Å²) in [6.45, 7) is 1.17. The minimum atomic E-state index is -2.74. The van der Waals surface area contributed by atoms with E-state index in [1.54, 1.807) is 0 Å². The number of benzene rings is 1. The van der Waals surface area contributed by atoms with E-state index < -0.39 is 17.8 Å². The number of rotatable bonds is 2. The van der Waals surface area contributed by atoms with Crippen LogP contribution in [0.1, 0.15) is 12.5 Å². The maximum atomic E-state index is 12.9. The lowest BCUT2D eigenvalue weighted by molar-refractivity contribution is 0.0623. The number of halogens is 4. The van der Waals surface area contributed by atoms with E-state index in [0.717, 1.165) is 6.07 Å². The van der Waals surface area contributed by atoms with Crippen LogP contribution in [0.4, 0.5) is 13.2 Å². The van der Waals surface area contributed by atoms with Crippen molar-refractivity contribution in [2.45, 2.75) is 18.9 Å². The first-order chi connectivity index (χ1) is 6.34. The predicted molar refractivity (Wildman–Crippen MR) is 51.6 cm³/mol. The average molecular weight is 268 g/mol. The molecule has 1 unspecified atom stereocenters. The Bertz CT molecular complexity index is 319. The van der Waals surface area contributed by atoms with Gasteiger partial charge < -0.3 is 5.73 Å². The van der Waals surface area contributed by atoms with Gasteiger partial charge in [-0.25, -0.2) is 13.2 Å². The molecule has 0 aliphatic heterocycles. The first-order valence-electron chi connectivity index (χ1n) is 3.87. The summed E-state index contributed by atoms with van der Waals surface area (Å²) in [6.07, 6.45) is -2.74. The van der Waals surface area contributed by atoms with Gasteiger partial charge in [0.1, 0.15) is 5.82 Å². The van der Waals surface area contributed by atoms with E-state index in [1.165, 1.54) is 19.1 Å². The lowest BCUT2D eigenvalue weighted by Crippen LogP contribution is -2.40. The predicted octanol–water partition coefficient (Wildman–Crippen LogP) is 3.03. The highest BCUT2D eigenvalue weighted by molar-refractivity contribution is 9.10. The molecule has 14 heavy (non-hydrogen) atoms. The van der Waals surface area contributed by atoms with Gasteiger partial charge in [-0.15, -0.1) is 0 Å². The SMILES string of the molecule is CC(N)(c1cc(F)cc(Br)c1)C(F)F. The molecule has 0 heterocycles. The standard InChI is InChI=1S/C9H9BrF3N/c1-9(14,8(12)13)5-2-6(10)4-7(11)3-5/h2-4,8H,14H2,1H3. The van der Waals surface area contributed by atoms with Crippen molar-refractivity contribution < 1.29 is 13.2 Å². The number of hydrogen-bond acceptors (Lipinski definition) is 1. The van der Waals surface area contributed by atoms with Gasteiger partial charge >= 0.3 is 0 Å². The normalized spacial score (nSPS) is 15.6. The summed E-state index contributed by atoms with van der Waals surface area (Å²) in [5.41, 5.74) is 3.62. The van der Waals surface area contributed by atoms with Crippen LogP contribution in [0.25, 0.3) is 0 Å². The van der Waals surface area contributed by atoms with E-state index >= 15 is 0 Å². The maximum Gasteiger partial charge on any atom is 0.260 e. The monoisotopic (exact) mass is 267 g/mol. The van der Waals surface area contributed by atoms with E-state index in [1.807, 2.05) is 0 Å². The van der Waals surface area contributed by atoms with Gasteiger partial charge in [-0.05, 0) is 30.7 Å². The van der Waals surface area contributed by atoms with E-state index in [-0.39, 0.29) is 5.56 Å². The molecule has 78 valence electrons. The van der Waals surface area contributed by atoms with Crippen molar-refractivity contribution in [1.82, 2.24) is 0 Å². The molecule has 0 saturated heterocycles. The zero-order valence-corrected chi connectivity index (χ0v) is 8.98. The van der Waals surface area contributed by atoms with Crippen LogP contribution in [0, 0.1) is 5.82 Å². The van der Waals surface area contributed by atoms with Crippen LogP contribution in [0.3, 0.4) is 0 Å². The van der Waals surface area contributed by atoms with Crippen LogP contribution >= 0.6 is 15.9 Å². The third-order valence-corrected chi connectivity index (χ3v) is 2.40. The van der Waals surface area contributed by atoms with Crippen LogP contribution < -0.4 is 5.73 Å². The van der Waals surface area contributed by atoms with Gasteiger partial charge in [0.25, 0.3) is 6.43 Å². The van der Waals surface area contributed by atoms with Gasteiger partial charge in [-0.3, -0.25) is 0 Å². The first-order valence-corrected chi connectivity index (χ1v) is 4.67. The summed E-state index contributed by atoms with van der Waals surface area (Å²) in [6, 6.07) is 3.58. The average Bonchev–Trinajstić information content (AvgIpc) is 2.01. The highest BCUT2D eigenvalue weighted by Gasteiger charge is 2.32. The molecule has 2 N–H and O–H groups in total. The smallest absolute Gasteiger partial charge is 0.260 e. The molecular formula is C9H9BrF3N. The summed E-state index contributed by atoms with van der Waals surface area (Å²) in [4.78, 5) is 0. The van der Waals surface area contributed by atoms with Crippen molar-refractivity contribution in [3.8, 4) is 0 Å². The molecule has 0 fully saturated rings. The molecule has 0 saturated carbocycles. The van der Waals surface area contributed by atoms with Crippen molar-refractivity contribution in [2.24, 2.45) is 5.73 Å². The van der Waals surface area contributed by atoms with E-state index in [2.05, 4.69) is 15.9 Å². The van der Waals surface area contributed by atoms with Crippen molar-refractivity contribution in [3.05, 3.63) is 34.1 Å². The Labute approximate surface area is 88.2 Å². The van der Waals surface area contributed by atoms with Crippen LogP contribution in [-0.4, -0.2) is 6.43 Å². The van der Waals surface area contributed by atoms with Gasteiger partial charge in [-0.2, -0.15) is 0 Å². The summed E-state index contributed by atoms with van der Waals surface area (Å²) >= 11 is 3.01. The molecule has 1 aromatic carbocycles. The first kappa shape index (κ1) is 11.5. The van der Waals surface area contributed by atoms with Gasteiger partial charge in [-0.1, -0.05) is 15.9 Å². The topological polar surface area (TPSA) is 26.0 Å². The number of nitrogens with two attached hydrogens (primary N) is 1. The van der Waals surface area contributed by atoms with Crippen molar-refractivity contribution in [3.63, 3.8) is 0 Å². The molecule has 0 aromatic heterocycles. The molecular weight excluding hydrogens is 259 g/mol. The van der Waals surface area contributed by atoms with Gasteiger partial charge in [0.15, 0.2) is 0 Å². The fourth-order valence-electron chi connectivity index (χ4n) is 0.991. The minimum absolute atomic E-state index is 0.0689. The van der Waals surface area contributed by atoms with Gasteiger partial charge in [0, 0.05) is 4.47 Å². The molecule has 1 nitrogen and oxygen atoms in total. The summed E-state index contributed by atoms with van der Waals surface area (Å²) in [5.74, 6) is -0.591. The van der Waals surface area contributed by atoms with E-state index in [4.69, 9.17) is 5.73 Å². The lowest BCUT2D eigenvalue weighted by atomic mass is 9.94. The third kappa shape index (κ3) is 2.27. The Morgan fingerprint density at radius 3 is 2.36 bits per heavy atom. The quantitative estimate of drug-likeness (QED) is 0.876. The highest BCUT2D eigenvalue weighted by atomic mass is 79.9. The second kappa shape index (κ2) is 3.90. The zero-order chi connectivity index (χ0) is 10.9. The molecule has 5 heteroatoms. The third-order valence-electron chi connectivity index (χ3n) is 1.94. The summed E-state index contributed by atoms with van der Waals surface area (Å²) in [5, 5.41) is 0. The van der Waals surface area contributed by atoms with Crippen LogP contribution in [0.15, 0.2) is 22.7 Å². The fraction of sp³-hybridized carbons (Fsp3) is 0.333. The summed E-state index contributed by atoms with van der Waals surface area (Å²) in [7, 11) is 0. The minimum Gasteiger partial charge on any atom is -0.317 e. The molecule has 0 radical (unpaired) electrons. The highest BCUT2D eigenvalue weighted by Crippen LogP contribution is 2.28. The van der Waals surface area contributed by atoms with Gasteiger partial charge in [0.2, 0.25) is 0 Å². The number of alkyl halides is 2. The molecule has 0 bridgehead atoms. The molecule has 1 atom stereocenters. The van der Waals surface area contributed by atoms with Crippen molar-refractivity contribution in [2.75, 3.05) is 0 Å². The largest absolute Gasteiger partial charge is 0.317 e. The Morgan fingerprint density at radius 1 is 1.36 bits per heavy atom. The molecule has 1 aromatic rings. The molecule has 0 amide bonds. The molecule has 1 rings (SSSR count). The van der Waals surface area contributed by atoms with Crippen LogP contribution in [0.5, 0.6) is 0 Å².